The lowest BCUT2D eigenvalue weighted by molar-refractivity contribution is 0.0671. The van der Waals surface area contributed by atoms with Gasteiger partial charge in [0.2, 0.25) is 0 Å². The molecule has 2 aromatic carbocycles. The molecule has 0 bridgehead atoms. The number of anilines is 1. The molecule has 1 aromatic heterocycles. The highest BCUT2D eigenvalue weighted by Gasteiger charge is 2.29. The number of amides is 3. The summed E-state index contributed by atoms with van der Waals surface area (Å²) in [6.07, 6.45) is 0. The normalized spacial score (nSPS) is 13.9. The second-order valence-corrected chi connectivity index (χ2v) is 7.71. The van der Waals surface area contributed by atoms with Gasteiger partial charge in [-0.1, -0.05) is 11.6 Å². The van der Waals surface area contributed by atoms with Crippen LogP contribution >= 0.6 is 11.6 Å². The first-order valence-corrected chi connectivity index (χ1v) is 10.3. The van der Waals surface area contributed by atoms with Crippen LogP contribution in [0.1, 0.15) is 16.1 Å². The summed E-state index contributed by atoms with van der Waals surface area (Å²) in [6, 6.07) is 10.8. The molecular weight excluding hydrogens is 440 g/mol. The fraction of sp³-hybridized carbons (Fsp3) is 0.227. The van der Waals surface area contributed by atoms with Crippen molar-refractivity contribution in [1.29, 1.82) is 0 Å². The average Bonchev–Trinajstić information content (AvgIpc) is 3.09. The molecule has 1 aliphatic heterocycles. The first kappa shape index (κ1) is 21.8. The molecule has 1 saturated heterocycles. The maximum absolute atomic E-state index is 13.2. The van der Waals surface area contributed by atoms with Crippen LogP contribution in [0.5, 0.6) is 0 Å². The third-order valence-corrected chi connectivity index (χ3v) is 5.59. The molecule has 10 heteroatoms. The Morgan fingerprint density at radius 2 is 1.44 bits per heavy atom. The molecular formula is C22H20ClF2N5O2. The fourth-order valence-electron chi connectivity index (χ4n) is 3.50. The van der Waals surface area contributed by atoms with E-state index in [1.165, 1.54) is 53.2 Å². The van der Waals surface area contributed by atoms with Crippen molar-refractivity contribution in [1.82, 2.24) is 19.6 Å². The van der Waals surface area contributed by atoms with E-state index in [1.54, 1.807) is 16.7 Å². The quantitative estimate of drug-likeness (QED) is 0.641. The van der Waals surface area contributed by atoms with E-state index in [0.29, 0.717) is 43.2 Å². The largest absolute Gasteiger partial charge is 0.335 e. The number of halogens is 3. The van der Waals surface area contributed by atoms with Crippen molar-refractivity contribution in [2.75, 3.05) is 31.5 Å². The Morgan fingerprint density at radius 3 is 2.03 bits per heavy atom. The number of urea groups is 1. The van der Waals surface area contributed by atoms with Crippen molar-refractivity contribution < 1.29 is 18.4 Å². The van der Waals surface area contributed by atoms with Gasteiger partial charge in [0.1, 0.15) is 16.8 Å². The molecule has 1 fully saturated rings. The molecule has 1 aliphatic rings. The lowest BCUT2D eigenvalue weighted by atomic mass is 10.2. The van der Waals surface area contributed by atoms with Gasteiger partial charge in [-0.15, -0.1) is 0 Å². The predicted octanol–water partition coefficient (Wildman–Crippen LogP) is 4.10. The standard InChI is InChI=1S/C22H20ClF2N5O2/c1-14-19(20(23)30(27-14)18-8-4-16(25)5-9-18)21(31)28-10-12-29(13-11-28)22(32)26-17-6-2-15(24)3-7-17/h2-9H,10-13H2,1H3,(H,26,32). The van der Waals surface area contributed by atoms with Crippen LogP contribution in [0.25, 0.3) is 5.69 Å². The van der Waals surface area contributed by atoms with E-state index in [9.17, 15) is 18.4 Å². The first-order chi connectivity index (χ1) is 15.3. The summed E-state index contributed by atoms with van der Waals surface area (Å²) in [7, 11) is 0. The Hall–Kier alpha value is -3.46. The van der Waals surface area contributed by atoms with E-state index >= 15 is 0 Å². The van der Waals surface area contributed by atoms with Crippen molar-refractivity contribution in [3.63, 3.8) is 0 Å². The van der Waals surface area contributed by atoms with Gasteiger partial charge in [-0.2, -0.15) is 5.10 Å². The molecule has 1 N–H and O–H groups in total. The molecule has 3 amide bonds. The third kappa shape index (κ3) is 4.43. The van der Waals surface area contributed by atoms with Gasteiger partial charge in [0.05, 0.1) is 16.9 Å². The molecule has 0 saturated carbocycles. The third-order valence-electron chi connectivity index (χ3n) is 5.24. The topological polar surface area (TPSA) is 70.5 Å². The Bertz CT molecular complexity index is 1140. The average molecular weight is 460 g/mol. The Kier molecular flexibility index (Phi) is 6.09. The van der Waals surface area contributed by atoms with E-state index in [-0.39, 0.29) is 34.3 Å². The molecule has 0 radical (unpaired) electrons. The van der Waals surface area contributed by atoms with Crippen molar-refractivity contribution >= 4 is 29.2 Å². The molecule has 32 heavy (non-hydrogen) atoms. The number of nitrogens with one attached hydrogen (secondary N) is 1. The first-order valence-electron chi connectivity index (χ1n) is 9.95. The number of benzene rings is 2. The smallest absolute Gasteiger partial charge is 0.321 e. The monoisotopic (exact) mass is 459 g/mol. The lowest BCUT2D eigenvalue weighted by Gasteiger charge is -2.34. The minimum Gasteiger partial charge on any atom is -0.335 e. The van der Waals surface area contributed by atoms with Crippen molar-refractivity contribution in [2.24, 2.45) is 0 Å². The highest BCUT2D eigenvalue weighted by molar-refractivity contribution is 6.33. The van der Waals surface area contributed by atoms with Crippen LogP contribution in [0.15, 0.2) is 48.5 Å². The highest BCUT2D eigenvalue weighted by Crippen LogP contribution is 2.25. The highest BCUT2D eigenvalue weighted by atomic mass is 35.5. The van der Waals surface area contributed by atoms with Gasteiger partial charge in [0.15, 0.2) is 0 Å². The summed E-state index contributed by atoms with van der Waals surface area (Å²) < 4.78 is 27.6. The zero-order chi connectivity index (χ0) is 22.8. The number of nitrogens with zero attached hydrogens (tertiary/aromatic N) is 4. The van der Waals surface area contributed by atoms with E-state index in [4.69, 9.17) is 11.6 Å². The molecule has 7 nitrogen and oxygen atoms in total. The van der Waals surface area contributed by atoms with Crippen LogP contribution in [0.3, 0.4) is 0 Å². The molecule has 0 aliphatic carbocycles. The molecule has 0 spiro atoms. The number of piperazine rings is 1. The summed E-state index contributed by atoms with van der Waals surface area (Å²) in [4.78, 5) is 28.8. The van der Waals surface area contributed by atoms with E-state index in [2.05, 4.69) is 10.4 Å². The van der Waals surface area contributed by atoms with Crippen molar-refractivity contribution in [3.8, 4) is 5.69 Å². The zero-order valence-corrected chi connectivity index (χ0v) is 17.9. The molecule has 0 atom stereocenters. The van der Waals surface area contributed by atoms with Gasteiger partial charge >= 0.3 is 6.03 Å². The second-order valence-electron chi connectivity index (χ2n) is 7.36. The Morgan fingerprint density at radius 1 is 0.906 bits per heavy atom. The van der Waals surface area contributed by atoms with E-state index in [0.717, 1.165) is 0 Å². The molecule has 166 valence electrons. The number of hydrogen-bond donors (Lipinski definition) is 1. The molecule has 0 unspecified atom stereocenters. The Labute approximate surface area is 188 Å². The summed E-state index contributed by atoms with van der Waals surface area (Å²) in [5, 5.41) is 7.20. The minimum atomic E-state index is -0.383. The fourth-order valence-corrected chi connectivity index (χ4v) is 3.85. The maximum atomic E-state index is 13.2. The van der Waals surface area contributed by atoms with Crippen LogP contribution in [-0.4, -0.2) is 57.7 Å². The van der Waals surface area contributed by atoms with E-state index < -0.39 is 0 Å². The maximum Gasteiger partial charge on any atom is 0.321 e. The molecule has 2 heterocycles. The van der Waals surface area contributed by atoms with E-state index in [1.807, 2.05) is 0 Å². The van der Waals surface area contributed by atoms with Crippen LogP contribution in [0.2, 0.25) is 5.15 Å². The summed E-state index contributed by atoms with van der Waals surface area (Å²) in [5.41, 5.74) is 1.77. The minimum absolute atomic E-state index is 0.149. The zero-order valence-electron chi connectivity index (χ0n) is 17.2. The predicted molar refractivity (Wildman–Crippen MR) is 116 cm³/mol. The summed E-state index contributed by atoms with van der Waals surface area (Å²) in [5.74, 6) is -1.04. The van der Waals surface area contributed by atoms with Crippen LogP contribution in [0, 0.1) is 18.6 Å². The van der Waals surface area contributed by atoms with Gasteiger partial charge in [0, 0.05) is 31.9 Å². The number of hydrogen-bond acceptors (Lipinski definition) is 3. The molecule has 4 rings (SSSR count). The molecule has 3 aromatic rings. The number of carbonyl (C=O) groups is 2. The number of aryl methyl sites for hydroxylation is 1. The SMILES string of the molecule is Cc1nn(-c2ccc(F)cc2)c(Cl)c1C(=O)N1CCN(C(=O)Nc2ccc(F)cc2)CC1. The lowest BCUT2D eigenvalue weighted by Crippen LogP contribution is -2.51. The second kappa shape index (κ2) is 8.96. The summed E-state index contributed by atoms with van der Waals surface area (Å²) in [6.45, 7) is 3.01. The van der Waals surface area contributed by atoms with Gasteiger partial charge in [-0.3, -0.25) is 4.79 Å². The van der Waals surface area contributed by atoms with Crippen molar-refractivity contribution in [2.45, 2.75) is 6.92 Å². The van der Waals surface area contributed by atoms with Crippen LogP contribution < -0.4 is 5.32 Å². The van der Waals surface area contributed by atoms with Gasteiger partial charge in [-0.05, 0) is 55.5 Å². The number of aromatic nitrogens is 2. The number of carbonyl (C=O) groups excluding carboxylic acids is 2. The van der Waals surface area contributed by atoms with Crippen LogP contribution in [-0.2, 0) is 0 Å². The van der Waals surface area contributed by atoms with Gasteiger partial charge in [0.25, 0.3) is 5.91 Å². The Balaban J connectivity index is 1.42. The van der Waals surface area contributed by atoms with Gasteiger partial charge < -0.3 is 15.1 Å². The number of rotatable bonds is 3. The van der Waals surface area contributed by atoms with Crippen LogP contribution in [0.4, 0.5) is 19.3 Å². The summed E-state index contributed by atoms with van der Waals surface area (Å²) >= 11 is 6.46. The van der Waals surface area contributed by atoms with Gasteiger partial charge in [-0.25, -0.2) is 18.3 Å². The van der Waals surface area contributed by atoms with Crippen molar-refractivity contribution in [3.05, 3.63) is 76.6 Å².